The average Bonchev–Trinajstić information content (AvgIpc) is 2.96. The molecule has 0 aliphatic carbocycles. The first-order chi connectivity index (χ1) is 13.9. The molecule has 0 unspecified atom stereocenters. The van der Waals surface area contributed by atoms with E-state index in [2.05, 4.69) is 5.32 Å². The van der Waals surface area contributed by atoms with Crippen molar-refractivity contribution in [2.45, 2.75) is 26.4 Å². The van der Waals surface area contributed by atoms with Crippen LogP contribution in [0.4, 0.5) is 11.4 Å². The van der Waals surface area contributed by atoms with Gasteiger partial charge in [-0.05, 0) is 55.0 Å². The van der Waals surface area contributed by atoms with Crippen LogP contribution in [-0.2, 0) is 14.4 Å². The molecule has 146 valence electrons. The van der Waals surface area contributed by atoms with Crippen molar-refractivity contribution in [3.63, 3.8) is 0 Å². The van der Waals surface area contributed by atoms with Crippen LogP contribution in [0.15, 0.2) is 65.8 Å². The highest BCUT2D eigenvalue weighted by Crippen LogP contribution is 2.33. The molecule has 0 radical (unpaired) electrons. The van der Waals surface area contributed by atoms with Crippen molar-refractivity contribution in [2.75, 3.05) is 10.2 Å². The molecule has 0 aromatic heterocycles. The van der Waals surface area contributed by atoms with Crippen LogP contribution in [0.1, 0.15) is 25.8 Å². The van der Waals surface area contributed by atoms with Crippen LogP contribution >= 0.6 is 0 Å². The number of amides is 3. The summed E-state index contributed by atoms with van der Waals surface area (Å²) in [6, 6.07) is 14.3. The highest BCUT2D eigenvalue weighted by atomic mass is 16.5. The number of hydrogen-bond acceptors (Lipinski definition) is 4. The second-order valence-corrected chi connectivity index (χ2v) is 7.05. The Morgan fingerprint density at radius 3 is 2.59 bits per heavy atom. The Hall–Kier alpha value is -3.67. The number of carbonyl (C=O) groups is 3. The van der Waals surface area contributed by atoms with Crippen molar-refractivity contribution < 1.29 is 19.1 Å². The molecule has 4 rings (SSSR count). The molecule has 3 amide bonds. The van der Waals surface area contributed by atoms with Crippen molar-refractivity contribution in [2.24, 2.45) is 0 Å². The van der Waals surface area contributed by atoms with Crippen molar-refractivity contribution in [3.8, 4) is 5.75 Å². The lowest BCUT2D eigenvalue weighted by molar-refractivity contribution is -0.120. The minimum atomic E-state index is -0.339. The molecule has 2 aliphatic rings. The molecule has 2 aliphatic heterocycles. The van der Waals surface area contributed by atoms with Crippen molar-refractivity contribution in [1.82, 2.24) is 0 Å². The lowest BCUT2D eigenvalue weighted by atomic mass is 10.00. The Morgan fingerprint density at radius 2 is 1.86 bits per heavy atom. The van der Waals surface area contributed by atoms with Crippen LogP contribution < -0.4 is 15.0 Å². The number of fused-ring (bicyclic) bond motifs is 1. The predicted octanol–water partition coefficient (Wildman–Crippen LogP) is 3.70. The van der Waals surface area contributed by atoms with Gasteiger partial charge in [-0.2, -0.15) is 0 Å². The molecule has 0 saturated carbocycles. The molecule has 6 heteroatoms. The fourth-order valence-electron chi connectivity index (χ4n) is 3.47. The zero-order valence-electron chi connectivity index (χ0n) is 16.1. The SMILES string of the molecule is CC(=O)Nc1ccc(N2C(=O)C/C(=C\C3=Cc4ccccc4O[C@@H]3C)C2=O)cc1. The van der Waals surface area contributed by atoms with Crippen molar-refractivity contribution in [1.29, 1.82) is 0 Å². The maximum Gasteiger partial charge on any atom is 0.261 e. The number of hydrogen-bond donors (Lipinski definition) is 1. The van der Waals surface area contributed by atoms with E-state index in [-0.39, 0.29) is 30.2 Å². The number of imide groups is 1. The third kappa shape index (κ3) is 3.69. The summed E-state index contributed by atoms with van der Waals surface area (Å²) in [5.74, 6) is -0.0000285. The first-order valence-electron chi connectivity index (χ1n) is 9.35. The molecule has 1 N–H and O–H groups in total. The molecular weight excluding hydrogens is 368 g/mol. The van der Waals surface area contributed by atoms with Gasteiger partial charge in [0.2, 0.25) is 11.8 Å². The van der Waals surface area contributed by atoms with E-state index in [1.807, 2.05) is 37.3 Å². The number of nitrogens with one attached hydrogen (secondary N) is 1. The predicted molar refractivity (Wildman–Crippen MR) is 110 cm³/mol. The van der Waals surface area contributed by atoms with Crippen LogP contribution in [0.5, 0.6) is 5.75 Å². The van der Waals surface area contributed by atoms with E-state index in [4.69, 9.17) is 4.74 Å². The van der Waals surface area contributed by atoms with E-state index in [1.54, 1.807) is 30.3 Å². The largest absolute Gasteiger partial charge is 0.485 e. The first kappa shape index (κ1) is 18.7. The lowest BCUT2D eigenvalue weighted by Gasteiger charge is -2.23. The van der Waals surface area contributed by atoms with E-state index in [0.29, 0.717) is 16.9 Å². The van der Waals surface area contributed by atoms with Crippen LogP contribution in [0.2, 0.25) is 0 Å². The summed E-state index contributed by atoms with van der Waals surface area (Å²) in [5.41, 5.74) is 3.31. The Labute approximate surface area is 168 Å². The molecule has 0 spiro atoms. The third-order valence-corrected chi connectivity index (χ3v) is 4.87. The fourth-order valence-corrected chi connectivity index (χ4v) is 3.47. The van der Waals surface area contributed by atoms with Gasteiger partial charge in [0.15, 0.2) is 0 Å². The number of carbonyl (C=O) groups excluding carboxylic acids is 3. The summed E-state index contributed by atoms with van der Waals surface area (Å²) in [5, 5.41) is 2.66. The van der Waals surface area contributed by atoms with Gasteiger partial charge in [-0.3, -0.25) is 14.4 Å². The first-order valence-corrected chi connectivity index (χ1v) is 9.35. The molecule has 2 aromatic carbocycles. The maximum atomic E-state index is 12.9. The van der Waals surface area contributed by atoms with E-state index < -0.39 is 0 Å². The van der Waals surface area contributed by atoms with Gasteiger partial charge < -0.3 is 10.1 Å². The molecule has 1 atom stereocenters. The van der Waals surface area contributed by atoms with Crippen LogP contribution in [0.3, 0.4) is 0 Å². The second kappa shape index (κ2) is 7.39. The Balaban J connectivity index is 1.60. The van der Waals surface area contributed by atoms with Crippen LogP contribution in [0.25, 0.3) is 6.08 Å². The van der Waals surface area contributed by atoms with Gasteiger partial charge in [0.1, 0.15) is 11.9 Å². The van der Waals surface area contributed by atoms with Gasteiger partial charge in [0.05, 0.1) is 12.1 Å². The number of para-hydroxylation sites is 1. The fraction of sp³-hybridized carbons (Fsp3) is 0.174. The second-order valence-electron chi connectivity index (χ2n) is 7.05. The quantitative estimate of drug-likeness (QED) is 0.643. The topological polar surface area (TPSA) is 75.7 Å². The lowest BCUT2D eigenvalue weighted by Crippen LogP contribution is -2.29. The number of rotatable bonds is 3. The molecule has 1 fully saturated rings. The monoisotopic (exact) mass is 388 g/mol. The number of anilines is 2. The summed E-state index contributed by atoms with van der Waals surface area (Å²) in [4.78, 5) is 37.7. The van der Waals surface area contributed by atoms with E-state index in [1.165, 1.54) is 11.8 Å². The summed E-state index contributed by atoms with van der Waals surface area (Å²) in [6.07, 6.45) is 3.56. The highest BCUT2D eigenvalue weighted by Gasteiger charge is 2.35. The van der Waals surface area contributed by atoms with Gasteiger partial charge >= 0.3 is 0 Å². The van der Waals surface area contributed by atoms with E-state index in [9.17, 15) is 14.4 Å². The van der Waals surface area contributed by atoms with E-state index >= 15 is 0 Å². The Bertz CT molecular complexity index is 1070. The van der Waals surface area contributed by atoms with Gasteiger partial charge in [0.25, 0.3) is 5.91 Å². The minimum Gasteiger partial charge on any atom is -0.485 e. The summed E-state index contributed by atoms with van der Waals surface area (Å²) in [6.45, 7) is 3.33. The van der Waals surface area contributed by atoms with Gasteiger partial charge in [-0.15, -0.1) is 0 Å². The molecule has 1 saturated heterocycles. The summed E-state index contributed by atoms with van der Waals surface area (Å²) < 4.78 is 5.92. The molecular formula is C23H20N2O4. The van der Waals surface area contributed by atoms with Gasteiger partial charge in [0, 0.05) is 23.7 Å². The zero-order chi connectivity index (χ0) is 20.5. The number of nitrogens with zero attached hydrogens (tertiary/aromatic N) is 1. The van der Waals surface area contributed by atoms with Gasteiger partial charge in [-0.1, -0.05) is 18.2 Å². The molecule has 2 heterocycles. The van der Waals surface area contributed by atoms with Crippen LogP contribution in [0, 0.1) is 0 Å². The number of benzene rings is 2. The standard InChI is InChI=1S/C23H20N2O4/c1-14-17(11-16-5-3-4-6-21(16)29-14)12-18-13-22(27)25(23(18)28)20-9-7-19(8-10-20)24-15(2)26/h3-12,14H,13H2,1-2H3,(H,24,26)/b18-12+/t14-/m1/s1. The molecule has 6 nitrogen and oxygen atoms in total. The number of ether oxygens (including phenoxy) is 1. The Kier molecular flexibility index (Phi) is 4.76. The minimum absolute atomic E-state index is 0.0397. The summed E-state index contributed by atoms with van der Waals surface area (Å²) in [7, 11) is 0. The molecule has 29 heavy (non-hydrogen) atoms. The average molecular weight is 388 g/mol. The third-order valence-electron chi connectivity index (χ3n) is 4.87. The highest BCUT2D eigenvalue weighted by molar-refractivity contribution is 6.28. The van der Waals surface area contributed by atoms with E-state index in [0.717, 1.165) is 16.9 Å². The van der Waals surface area contributed by atoms with Crippen LogP contribution in [-0.4, -0.2) is 23.8 Å². The van der Waals surface area contributed by atoms with Crippen molar-refractivity contribution >= 4 is 35.2 Å². The maximum absolute atomic E-state index is 12.9. The zero-order valence-corrected chi connectivity index (χ0v) is 16.1. The van der Waals surface area contributed by atoms with Crippen molar-refractivity contribution in [3.05, 3.63) is 71.3 Å². The molecule has 2 aromatic rings. The molecule has 0 bridgehead atoms. The Morgan fingerprint density at radius 1 is 1.14 bits per heavy atom. The smallest absolute Gasteiger partial charge is 0.261 e. The summed E-state index contributed by atoms with van der Waals surface area (Å²) >= 11 is 0. The normalized spacial score (nSPS) is 19.7. The van der Waals surface area contributed by atoms with Gasteiger partial charge in [-0.25, -0.2) is 4.90 Å².